The monoisotopic (exact) mass is 396 g/mol. The maximum atomic E-state index is 12.8. The summed E-state index contributed by atoms with van der Waals surface area (Å²) in [5.41, 5.74) is 0.902. The first-order valence-corrected chi connectivity index (χ1v) is 9.39. The van der Waals surface area contributed by atoms with Gasteiger partial charge in [0.1, 0.15) is 17.6 Å². The molecule has 1 N–H and O–H groups in total. The van der Waals surface area contributed by atoms with E-state index >= 15 is 0 Å². The van der Waals surface area contributed by atoms with Gasteiger partial charge in [0.25, 0.3) is 11.7 Å². The minimum absolute atomic E-state index is 0.00602. The Hall–Kier alpha value is -3.19. The van der Waals surface area contributed by atoms with Crippen LogP contribution < -0.4 is 4.74 Å². The van der Waals surface area contributed by atoms with Crippen LogP contribution in [0.25, 0.3) is 5.76 Å². The van der Waals surface area contributed by atoms with Crippen LogP contribution in [0, 0.1) is 0 Å². The minimum Gasteiger partial charge on any atom is -0.507 e. The van der Waals surface area contributed by atoms with E-state index in [0.29, 0.717) is 17.0 Å². The molecule has 0 spiro atoms. The molecule has 1 atom stereocenters. The standard InChI is InChI=1S/C22H24N2O5/c1-14(2)29-16-8-6-7-15(13-16)20(25)18-19(17-9-4-5-10-23-17)24(11-12-28-3)22(27)21(18)26/h4-10,13-14,19,25H,11-12H2,1-3H3/b20-18-. The molecule has 1 aromatic heterocycles. The molecule has 1 saturated heterocycles. The average Bonchev–Trinajstić information content (AvgIpc) is 2.96. The number of pyridine rings is 1. The number of carbonyl (C=O) groups excluding carboxylic acids is 2. The zero-order valence-corrected chi connectivity index (χ0v) is 16.7. The lowest BCUT2D eigenvalue weighted by Gasteiger charge is -2.24. The summed E-state index contributed by atoms with van der Waals surface area (Å²) >= 11 is 0. The van der Waals surface area contributed by atoms with Crippen molar-refractivity contribution in [1.82, 2.24) is 9.88 Å². The summed E-state index contributed by atoms with van der Waals surface area (Å²) < 4.78 is 10.8. The number of hydrogen-bond acceptors (Lipinski definition) is 6. The first-order chi connectivity index (χ1) is 13.9. The van der Waals surface area contributed by atoms with Gasteiger partial charge in [0.15, 0.2) is 0 Å². The van der Waals surface area contributed by atoms with Gasteiger partial charge in [-0.25, -0.2) is 0 Å². The van der Waals surface area contributed by atoms with E-state index in [2.05, 4.69) is 4.98 Å². The highest BCUT2D eigenvalue weighted by Crippen LogP contribution is 2.38. The Kier molecular flexibility index (Phi) is 6.29. The summed E-state index contributed by atoms with van der Waals surface area (Å²) in [5, 5.41) is 11.0. The number of rotatable bonds is 7. The Balaban J connectivity index is 2.11. The third-order valence-electron chi connectivity index (χ3n) is 4.52. The van der Waals surface area contributed by atoms with Crippen LogP contribution in [0.5, 0.6) is 5.75 Å². The van der Waals surface area contributed by atoms with E-state index in [1.807, 2.05) is 13.8 Å². The maximum absolute atomic E-state index is 12.8. The molecule has 1 aliphatic rings. The van der Waals surface area contributed by atoms with Crippen LogP contribution in [0.1, 0.15) is 31.1 Å². The second-order valence-electron chi connectivity index (χ2n) is 6.93. The molecular formula is C22H24N2O5. The van der Waals surface area contributed by atoms with Crippen LogP contribution in [-0.4, -0.2) is 53.0 Å². The molecule has 1 aliphatic heterocycles. The van der Waals surface area contributed by atoms with Gasteiger partial charge in [0.2, 0.25) is 0 Å². The van der Waals surface area contributed by atoms with Crippen LogP contribution in [0.4, 0.5) is 0 Å². The number of Topliss-reactive ketones (excluding diaryl/α,β-unsaturated/α-hetero) is 1. The SMILES string of the molecule is COCCN1C(=O)C(=O)/C(=C(\O)c2cccc(OC(C)C)c2)C1c1ccccn1. The normalized spacial score (nSPS) is 18.5. The number of hydrogen-bond donors (Lipinski definition) is 1. The Bertz CT molecular complexity index is 924. The third kappa shape index (κ3) is 4.30. The van der Waals surface area contributed by atoms with Crippen molar-refractivity contribution in [3.05, 3.63) is 65.5 Å². The smallest absolute Gasteiger partial charge is 0.295 e. The zero-order valence-electron chi connectivity index (χ0n) is 16.7. The van der Waals surface area contributed by atoms with E-state index in [1.165, 1.54) is 12.0 Å². The van der Waals surface area contributed by atoms with E-state index in [4.69, 9.17) is 9.47 Å². The van der Waals surface area contributed by atoms with Crippen molar-refractivity contribution in [2.75, 3.05) is 20.3 Å². The Labute approximate surface area is 169 Å². The van der Waals surface area contributed by atoms with Crippen LogP contribution in [0.2, 0.25) is 0 Å². The van der Waals surface area contributed by atoms with Crippen LogP contribution in [0.15, 0.2) is 54.2 Å². The second kappa shape index (κ2) is 8.87. The van der Waals surface area contributed by atoms with E-state index in [9.17, 15) is 14.7 Å². The van der Waals surface area contributed by atoms with Gasteiger partial charge in [0.05, 0.1) is 24.0 Å². The van der Waals surface area contributed by atoms with Gasteiger partial charge < -0.3 is 19.5 Å². The molecule has 2 heterocycles. The molecule has 29 heavy (non-hydrogen) atoms. The van der Waals surface area contributed by atoms with Crippen molar-refractivity contribution in [2.45, 2.75) is 26.0 Å². The number of aliphatic hydroxyl groups is 1. The number of carbonyl (C=O) groups is 2. The Morgan fingerprint density at radius 2 is 2.00 bits per heavy atom. The summed E-state index contributed by atoms with van der Waals surface area (Å²) in [6, 6.07) is 11.3. The van der Waals surface area contributed by atoms with Crippen LogP contribution in [0.3, 0.4) is 0 Å². The number of likely N-dealkylation sites (tertiary alicyclic amines) is 1. The highest BCUT2D eigenvalue weighted by atomic mass is 16.5. The highest BCUT2D eigenvalue weighted by molar-refractivity contribution is 6.46. The van der Waals surface area contributed by atoms with Crippen molar-refractivity contribution in [1.29, 1.82) is 0 Å². The van der Waals surface area contributed by atoms with E-state index < -0.39 is 17.7 Å². The summed E-state index contributed by atoms with van der Waals surface area (Å²) in [4.78, 5) is 31.2. The summed E-state index contributed by atoms with van der Waals surface area (Å²) in [7, 11) is 1.52. The molecule has 2 aromatic rings. The molecule has 7 nitrogen and oxygen atoms in total. The summed E-state index contributed by atoms with van der Waals surface area (Å²) in [5.74, 6) is -1.13. The number of aliphatic hydroxyl groups excluding tert-OH is 1. The van der Waals surface area contributed by atoms with Crippen molar-refractivity contribution in [3.63, 3.8) is 0 Å². The van der Waals surface area contributed by atoms with Crippen molar-refractivity contribution < 1.29 is 24.2 Å². The highest BCUT2D eigenvalue weighted by Gasteiger charge is 2.46. The van der Waals surface area contributed by atoms with Crippen molar-refractivity contribution >= 4 is 17.4 Å². The van der Waals surface area contributed by atoms with Gasteiger partial charge in [-0.2, -0.15) is 0 Å². The van der Waals surface area contributed by atoms with E-state index in [-0.39, 0.29) is 30.6 Å². The van der Waals surface area contributed by atoms with Crippen LogP contribution >= 0.6 is 0 Å². The quantitative estimate of drug-likeness (QED) is 0.440. The van der Waals surface area contributed by atoms with E-state index in [1.54, 1.807) is 48.7 Å². The molecule has 3 rings (SSSR count). The predicted molar refractivity (Wildman–Crippen MR) is 107 cm³/mol. The molecule has 1 unspecified atom stereocenters. The largest absolute Gasteiger partial charge is 0.507 e. The molecular weight excluding hydrogens is 372 g/mol. The van der Waals surface area contributed by atoms with Gasteiger partial charge in [0, 0.05) is 25.4 Å². The number of amides is 1. The lowest BCUT2D eigenvalue weighted by Crippen LogP contribution is -2.33. The fraction of sp³-hybridized carbons (Fsp3) is 0.318. The third-order valence-corrected chi connectivity index (χ3v) is 4.52. The number of benzene rings is 1. The molecule has 1 fully saturated rings. The number of methoxy groups -OCH3 is 1. The van der Waals surface area contributed by atoms with Gasteiger partial charge >= 0.3 is 0 Å². The fourth-order valence-electron chi connectivity index (χ4n) is 3.29. The first-order valence-electron chi connectivity index (χ1n) is 9.39. The van der Waals surface area contributed by atoms with Crippen LogP contribution in [-0.2, 0) is 14.3 Å². The van der Waals surface area contributed by atoms with Gasteiger partial charge in [-0.1, -0.05) is 18.2 Å². The molecule has 0 saturated carbocycles. The molecule has 0 bridgehead atoms. The zero-order chi connectivity index (χ0) is 21.0. The molecule has 0 aliphatic carbocycles. The number of ketones is 1. The lowest BCUT2D eigenvalue weighted by molar-refractivity contribution is -0.140. The van der Waals surface area contributed by atoms with Gasteiger partial charge in [-0.3, -0.25) is 14.6 Å². The van der Waals surface area contributed by atoms with Gasteiger partial charge in [-0.15, -0.1) is 0 Å². The maximum Gasteiger partial charge on any atom is 0.295 e. The first kappa shape index (κ1) is 20.5. The minimum atomic E-state index is -0.791. The summed E-state index contributed by atoms with van der Waals surface area (Å²) in [6.45, 7) is 4.26. The average molecular weight is 396 g/mol. The Morgan fingerprint density at radius 3 is 2.66 bits per heavy atom. The number of aromatic nitrogens is 1. The predicted octanol–water partition coefficient (Wildman–Crippen LogP) is 2.94. The molecule has 152 valence electrons. The molecule has 1 amide bonds. The summed E-state index contributed by atoms with van der Waals surface area (Å²) in [6.07, 6.45) is 1.55. The molecule has 7 heteroatoms. The Morgan fingerprint density at radius 1 is 1.21 bits per heavy atom. The topological polar surface area (TPSA) is 89.0 Å². The van der Waals surface area contributed by atoms with E-state index in [0.717, 1.165) is 0 Å². The van der Waals surface area contributed by atoms with Crippen molar-refractivity contribution in [2.24, 2.45) is 0 Å². The van der Waals surface area contributed by atoms with Gasteiger partial charge in [-0.05, 0) is 38.1 Å². The fourth-order valence-corrected chi connectivity index (χ4v) is 3.29. The number of ether oxygens (including phenoxy) is 2. The number of nitrogens with zero attached hydrogens (tertiary/aromatic N) is 2. The lowest BCUT2D eigenvalue weighted by atomic mass is 9.98. The molecule has 0 radical (unpaired) electrons. The second-order valence-corrected chi connectivity index (χ2v) is 6.93. The molecule has 1 aromatic carbocycles. The van der Waals surface area contributed by atoms with Crippen molar-refractivity contribution in [3.8, 4) is 5.75 Å².